The predicted octanol–water partition coefficient (Wildman–Crippen LogP) is 5.11. The molecule has 3 aromatic rings. The predicted molar refractivity (Wildman–Crippen MR) is 117 cm³/mol. The molecule has 2 N–H and O–H groups in total. The molecule has 3 rings (SSSR count). The summed E-state index contributed by atoms with van der Waals surface area (Å²) in [5.41, 5.74) is 0.583. The maximum atomic E-state index is 12.8. The number of carbonyl (C=O) groups is 1. The number of benzene rings is 2. The van der Waals surface area contributed by atoms with Gasteiger partial charge in [0.25, 0.3) is 5.91 Å². The van der Waals surface area contributed by atoms with Gasteiger partial charge < -0.3 is 19.9 Å². The van der Waals surface area contributed by atoms with Crippen LogP contribution in [0.25, 0.3) is 0 Å². The molecular formula is C21H17Cl2N3O4. The number of halogens is 2. The Labute approximate surface area is 182 Å². The van der Waals surface area contributed by atoms with E-state index in [1.807, 2.05) is 0 Å². The van der Waals surface area contributed by atoms with Crippen LogP contribution in [0.2, 0.25) is 10.0 Å². The van der Waals surface area contributed by atoms with Crippen molar-refractivity contribution in [2.75, 3.05) is 19.5 Å². The van der Waals surface area contributed by atoms with Crippen molar-refractivity contribution in [2.24, 2.45) is 4.99 Å². The van der Waals surface area contributed by atoms with Crippen molar-refractivity contribution in [3.05, 3.63) is 69.7 Å². The van der Waals surface area contributed by atoms with Crippen LogP contribution < -0.4 is 14.8 Å². The monoisotopic (exact) mass is 445 g/mol. The highest BCUT2D eigenvalue weighted by Gasteiger charge is 2.18. The second-order valence-electron chi connectivity index (χ2n) is 5.96. The molecule has 0 aliphatic rings. The van der Waals surface area contributed by atoms with Gasteiger partial charge in [0, 0.05) is 16.8 Å². The number of amides is 1. The number of aromatic hydroxyl groups is 1. The number of pyridine rings is 1. The molecule has 0 bridgehead atoms. The van der Waals surface area contributed by atoms with Crippen LogP contribution in [0.15, 0.2) is 53.5 Å². The van der Waals surface area contributed by atoms with Gasteiger partial charge in [0.05, 0.1) is 19.2 Å². The Morgan fingerprint density at radius 1 is 1.10 bits per heavy atom. The van der Waals surface area contributed by atoms with Gasteiger partial charge in [-0.25, -0.2) is 9.98 Å². The summed E-state index contributed by atoms with van der Waals surface area (Å²) in [6.45, 7) is 0. The molecule has 7 nitrogen and oxygen atoms in total. The molecule has 0 saturated carbocycles. The number of ether oxygens (including phenoxy) is 2. The van der Waals surface area contributed by atoms with E-state index < -0.39 is 5.91 Å². The Kier molecular flexibility index (Phi) is 6.76. The zero-order valence-corrected chi connectivity index (χ0v) is 17.5. The number of methoxy groups -OCH3 is 2. The second-order valence-corrected chi connectivity index (χ2v) is 6.80. The third-order valence-electron chi connectivity index (χ3n) is 4.02. The number of phenols is 1. The summed E-state index contributed by atoms with van der Waals surface area (Å²) in [6, 6.07) is 12.9. The number of aliphatic imine (C=N–C) groups is 1. The second kappa shape index (κ2) is 9.47. The summed E-state index contributed by atoms with van der Waals surface area (Å²) in [4.78, 5) is 21.3. The van der Waals surface area contributed by atoms with Gasteiger partial charge in [-0.05, 0) is 36.4 Å². The van der Waals surface area contributed by atoms with Gasteiger partial charge in [-0.3, -0.25) is 4.79 Å². The SMILES string of the molecule is COc1cccc(OC)c1C(=O)Nc1cccc(/N=C/c2cc(Cl)cc(Cl)c2O)n1. The molecule has 0 saturated heterocycles. The zero-order chi connectivity index (χ0) is 21.7. The number of nitrogens with one attached hydrogen (secondary N) is 1. The summed E-state index contributed by atoms with van der Waals surface area (Å²) in [7, 11) is 2.94. The fraction of sp³-hybridized carbons (Fsp3) is 0.0952. The van der Waals surface area contributed by atoms with Gasteiger partial charge in [-0.2, -0.15) is 0 Å². The van der Waals surface area contributed by atoms with Gasteiger partial charge in [-0.15, -0.1) is 0 Å². The van der Waals surface area contributed by atoms with Crippen molar-refractivity contribution in [3.8, 4) is 17.2 Å². The van der Waals surface area contributed by atoms with Crippen LogP contribution >= 0.6 is 23.2 Å². The smallest absolute Gasteiger partial charge is 0.264 e. The highest BCUT2D eigenvalue weighted by molar-refractivity contribution is 6.36. The molecule has 0 atom stereocenters. The van der Waals surface area contributed by atoms with Crippen molar-refractivity contribution in [3.63, 3.8) is 0 Å². The van der Waals surface area contributed by atoms with E-state index in [4.69, 9.17) is 32.7 Å². The number of carbonyl (C=O) groups excluding carboxylic acids is 1. The average Bonchev–Trinajstić information content (AvgIpc) is 2.74. The molecule has 0 aliphatic carbocycles. The van der Waals surface area contributed by atoms with Crippen molar-refractivity contribution in [1.29, 1.82) is 0 Å². The number of hydrogen-bond acceptors (Lipinski definition) is 6. The summed E-state index contributed by atoms with van der Waals surface area (Å²) >= 11 is 11.9. The summed E-state index contributed by atoms with van der Waals surface area (Å²) in [5.74, 6) is 0.727. The first kappa shape index (κ1) is 21.4. The first-order valence-electron chi connectivity index (χ1n) is 8.64. The fourth-order valence-corrected chi connectivity index (χ4v) is 3.15. The molecule has 2 aromatic carbocycles. The number of rotatable bonds is 6. The van der Waals surface area contributed by atoms with E-state index in [0.717, 1.165) is 0 Å². The summed E-state index contributed by atoms with van der Waals surface area (Å²) in [5, 5.41) is 13.2. The highest BCUT2D eigenvalue weighted by Crippen LogP contribution is 2.31. The standard InChI is InChI=1S/C21H17Cl2N3O4/c1-29-15-5-3-6-16(30-2)19(15)21(28)26-18-8-4-7-17(25-18)24-11-12-9-13(22)10-14(23)20(12)27/h3-11,27H,1-2H3,(H,25,26,28)/b24-11+. The third kappa shape index (κ3) is 4.82. The lowest BCUT2D eigenvalue weighted by Crippen LogP contribution is -2.15. The van der Waals surface area contributed by atoms with Crippen LogP contribution in [0.4, 0.5) is 11.6 Å². The van der Waals surface area contributed by atoms with Crippen molar-refractivity contribution >= 4 is 47.0 Å². The molecule has 154 valence electrons. The van der Waals surface area contributed by atoms with E-state index in [1.165, 1.54) is 32.6 Å². The minimum atomic E-state index is -0.447. The molecule has 1 aromatic heterocycles. The lowest BCUT2D eigenvalue weighted by molar-refractivity contribution is 0.102. The molecule has 0 spiro atoms. The molecule has 0 aliphatic heterocycles. The van der Waals surface area contributed by atoms with Gasteiger partial charge in [0.2, 0.25) is 0 Å². The Hall–Kier alpha value is -3.29. The maximum Gasteiger partial charge on any atom is 0.264 e. The topological polar surface area (TPSA) is 93.0 Å². The van der Waals surface area contributed by atoms with Crippen molar-refractivity contribution < 1.29 is 19.4 Å². The Balaban J connectivity index is 1.84. The van der Waals surface area contributed by atoms with Gasteiger partial charge in [0.1, 0.15) is 28.6 Å². The summed E-state index contributed by atoms with van der Waals surface area (Å²) < 4.78 is 10.5. The molecule has 9 heteroatoms. The van der Waals surface area contributed by atoms with E-state index in [9.17, 15) is 9.90 Å². The van der Waals surface area contributed by atoms with Crippen LogP contribution in [0.3, 0.4) is 0 Å². The Bertz CT molecular complexity index is 1100. The number of anilines is 1. The van der Waals surface area contributed by atoms with Gasteiger partial charge in [-0.1, -0.05) is 35.3 Å². The number of nitrogens with zero attached hydrogens (tertiary/aromatic N) is 2. The third-order valence-corrected chi connectivity index (χ3v) is 4.53. The fourth-order valence-electron chi connectivity index (χ4n) is 2.64. The maximum absolute atomic E-state index is 12.8. The lowest BCUT2D eigenvalue weighted by atomic mass is 10.1. The molecule has 1 heterocycles. The molecular weight excluding hydrogens is 429 g/mol. The van der Waals surface area contributed by atoms with E-state index >= 15 is 0 Å². The molecule has 30 heavy (non-hydrogen) atoms. The van der Waals surface area contributed by atoms with Crippen molar-refractivity contribution in [2.45, 2.75) is 0 Å². The first-order chi connectivity index (χ1) is 14.4. The Morgan fingerprint density at radius 3 is 2.43 bits per heavy atom. The molecule has 0 unspecified atom stereocenters. The summed E-state index contributed by atoms with van der Waals surface area (Å²) in [6.07, 6.45) is 1.38. The number of phenolic OH excluding ortho intramolecular Hbond substituents is 1. The van der Waals surface area contributed by atoms with E-state index in [2.05, 4.69) is 15.3 Å². The zero-order valence-electron chi connectivity index (χ0n) is 16.0. The van der Waals surface area contributed by atoms with Gasteiger partial charge >= 0.3 is 0 Å². The molecule has 1 amide bonds. The quantitative estimate of drug-likeness (QED) is 0.513. The number of aromatic nitrogens is 1. The Morgan fingerprint density at radius 2 is 1.77 bits per heavy atom. The largest absolute Gasteiger partial charge is 0.506 e. The molecule has 0 fully saturated rings. The minimum absolute atomic E-state index is 0.115. The minimum Gasteiger partial charge on any atom is -0.506 e. The van der Waals surface area contributed by atoms with Crippen LogP contribution in [-0.2, 0) is 0 Å². The van der Waals surface area contributed by atoms with Crippen LogP contribution in [-0.4, -0.2) is 36.4 Å². The van der Waals surface area contributed by atoms with Crippen LogP contribution in [0.1, 0.15) is 15.9 Å². The van der Waals surface area contributed by atoms with Gasteiger partial charge in [0.15, 0.2) is 5.82 Å². The average molecular weight is 446 g/mol. The first-order valence-corrected chi connectivity index (χ1v) is 9.40. The highest BCUT2D eigenvalue weighted by atomic mass is 35.5. The normalized spacial score (nSPS) is 10.8. The van der Waals surface area contributed by atoms with Crippen LogP contribution in [0, 0.1) is 0 Å². The van der Waals surface area contributed by atoms with Crippen LogP contribution in [0.5, 0.6) is 17.2 Å². The van der Waals surface area contributed by atoms with E-state index in [-0.39, 0.29) is 22.2 Å². The lowest BCUT2D eigenvalue weighted by Gasteiger charge is -2.12. The van der Waals surface area contributed by atoms with E-state index in [0.29, 0.717) is 27.9 Å². The molecule has 0 radical (unpaired) electrons. The number of hydrogen-bond donors (Lipinski definition) is 2. The van der Waals surface area contributed by atoms with Crippen molar-refractivity contribution in [1.82, 2.24) is 4.98 Å². The van der Waals surface area contributed by atoms with E-state index in [1.54, 1.807) is 36.4 Å².